The van der Waals surface area contributed by atoms with Gasteiger partial charge in [0, 0.05) is 11.4 Å². The molecular formula is C16H16ClFO. The normalized spacial score (nSPS) is 12.5. The molecule has 0 aromatic heterocycles. The maximum Gasteiger partial charge on any atom is 0.124 e. The molecule has 2 rings (SSSR count). The summed E-state index contributed by atoms with van der Waals surface area (Å²) in [6.07, 6.45) is -0.260. The SMILES string of the molecule is Cc1ccc(C(O)Cc2ccc(F)cc2Cl)cc1C. The van der Waals surface area contributed by atoms with Gasteiger partial charge < -0.3 is 5.11 Å². The summed E-state index contributed by atoms with van der Waals surface area (Å²) in [4.78, 5) is 0. The highest BCUT2D eigenvalue weighted by Crippen LogP contribution is 2.25. The van der Waals surface area contributed by atoms with E-state index < -0.39 is 6.10 Å². The molecule has 1 N–H and O–H groups in total. The zero-order valence-corrected chi connectivity index (χ0v) is 11.7. The summed E-state index contributed by atoms with van der Waals surface area (Å²) in [7, 11) is 0. The van der Waals surface area contributed by atoms with Crippen molar-refractivity contribution in [3.63, 3.8) is 0 Å². The highest BCUT2D eigenvalue weighted by atomic mass is 35.5. The fourth-order valence-electron chi connectivity index (χ4n) is 1.99. The van der Waals surface area contributed by atoms with Crippen molar-refractivity contribution in [2.45, 2.75) is 26.4 Å². The number of aliphatic hydroxyl groups excluding tert-OH is 1. The van der Waals surface area contributed by atoms with Crippen LogP contribution in [0.5, 0.6) is 0 Å². The number of hydrogen-bond acceptors (Lipinski definition) is 1. The summed E-state index contributed by atoms with van der Waals surface area (Å²) in [5.74, 6) is -0.366. The van der Waals surface area contributed by atoms with Crippen molar-refractivity contribution in [3.8, 4) is 0 Å². The van der Waals surface area contributed by atoms with E-state index in [1.807, 2.05) is 32.0 Å². The smallest absolute Gasteiger partial charge is 0.124 e. The topological polar surface area (TPSA) is 20.2 Å². The quantitative estimate of drug-likeness (QED) is 0.884. The second kappa shape index (κ2) is 5.72. The van der Waals surface area contributed by atoms with Gasteiger partial charge in [0.25, 0.3) is 0 Å². The Morgan fingerprint density at radius 3 is 2.47 bits per heavy atom. The monoisotopic (exact) mass is 278 g/mol. The fraction of sp³-hybridized carbons (Fsp3) is 0.250. The Labute approximate surface area is 117 Å². The molecule has 0 bridgehead atoms. The summed E-state index contributed by atoms with van der Waals surface area (Å²) >= 11 is 5.97. The minimum atomic E-state index is -0.637. The summed E-state index contributed by atoms with van der Waals surface area (Å²) in [5.41, 5.74) is 3.93. The van der Waals surface area contributed by atoms with E-state index >= 15 is 0 Å². The molecule has 2 aromatic rings. The molecule has 0 fully saturated rings. The predicted octanol–water partition coefficient (Wildman–Crippen LogP) is 4.37. The first-order valence-electron chi connectivity index (χ1n) is 6.16. The molecule has 2 aromatic carbocycles. The molecular weight excluding hydrogens is 263 g/mol. The van der Waals surface area contributed by atoms with Gasteiger partial charge in [-0.05, 0) is 48.2 Å². The molecule has 1 nitrogen and oxygen atoms in total. The van der Waals surface area contributed by atoms with Gasteiger partial charge in [-0.15, -0.1) is 0 Å². The first-order valence-corrected chi connectivity index (χ1v) is 6.54. The van der Waals surface area contributed by atoms with Crippen molar-refractivity contribution in [2.24, 2.45) is 0 Å². The van der Waals surface area contributed by atoms with Crippen LogP contribution in [0, 0.1) is 19.7 Å². The van der Waals surface area contributed by atoms with E-state index in [2.05, 4.69) is 0 Å². The third-order valence-electron chi connectivity index (χ3n) is 3.34. The maximum atomic E-state index is 13.0. The molecule has 0 aliphatic rings. The standard InChI is InChI=1S/C16H16ClFO/c1-10-3-4-13(7-11(10)2)16(19)8-12-5-6-14(18)9-15(12)17/h3-7,9,16,19H,8H2,1-2H3. The van der Waals surface area contributed by atoms with Crippen molar-refractivity contribution < 1.29 is 9.50 Å². The van der Waals surface area contributed by atoms with E-state index in [9.17, 15) is 9.50 Å². The summed E-state index contributed by atoms with van der Waals surface area (Å²) in [6, 6.07) is 10.1. The van der Waals surface area contributed by atoms with Crippen molar-refractivity contribution in [2.75, 3.05) is 0 Å². The minimum absolute atomic E-state index is 0.350. The lowest BCUT2D eigenvalue weighted by atomic mass is 9.98. The van der Waals surface area contributed by atoms with E-state index in [0.717, 1.165) is 16.7 Å². The largest absolute Gasteiger partial charge is 0.388 e. The zero-order valence-electron chi connectivity index (χ0n) is 11.0. The van der Waals surface area contributed by atoms with Crippen molar-refractivity contribution >= 4 is 11.6 Å². The molecule has 19 heavy (non-hydrogen) atoms. The number of benzene rings is 2. The van der Waals surface area contributed by atoms with Crippen molar-refractivity contribution in [1.29, 1.82) is 0 Å². The van der Waals surface area contributed by atoms with Gasteiger partial charge in [-0.25, -0.2) is 4.39 Å². The van der Waals surface area contributed by atoms with Crippen LogP contribution in [0.1, 0.15) is 28.4 Å². The Morgan fingerprint density at radius 1 is 1.11 bits per heavy atom. The van der Waals surface area contributed by atoms with Gasteiger partial charge in [0.15, 0.2) is 0 Å². The van der Waals surface area contributed by atoms with Crippen LogP contribution in [0.3, 0.4) is 0 Å². The molecule has 0 saturated heterocycles. The molecule has 0 spiro atoms. The Morgan fingerprint density at radius 2 is 1.84 bits per heavy atom. The second-order valence-corrected chi connectivity index (χ2v) is 5.21. The Kier molecular flexibility index (Phi) is 4.23. The van der Waals surface area contributed by atoms with E-state index in [1.165, 1.54) is 17.7 Å². The lowest BCUT2D eigenvalue weighted by Gasteiger charge is -2.14. The predicted molar refractivity (Wildman–Crippen MR) is 76.0 cm³/mol. The Balaban J connectivity index is 2.20. The van der Waals surface area contributed by atoms with Crippen LogP contribution in [-0.2, 0) is 6.42 Å². The summed E-state index contributed by atoms with van der Waals surface area (Å²) in [6.45, 7) is 4.04. The van der Waals surface area contributed by atoms with Crippen LogP contribution in [0.15, 0.2) is 36.4 Å². The zero-order chi connectivity index (χ0) is 14.0. The first-order chi connectivity index (χ1) is 8.97. The molecule has 3 heteroatoms. The number of halogens is 2. The molecule has 0 saturated carbocycles. The molecule has 0 aliphatic heterocycles. The van der Waals surface area contributed by atoms with Gasteiger partial charge >= 0.3 is 0 Å². The van der Waals surface area contributed by atoms with Crippen LogP contribution in [0.4, 0.5) is 4.39 Å². The molecule has 0 heterocycles. The average Bonchev–Trinajstić information content (AvgIpc) is 2.36. The van der Waals surface area contributed by atoms with E-state index in [4.69, 9.17) is 11.6 Å². The highest BCUT2D eigenvalue weighted by Gasteiger charge is 2.12. The molecule has 0 radical (unpaired) electrons. The Bertz CT molecular complexity index is 595. The second-order valence-electron chi connectivity index (χ2n) is 4.80. The average molecular weight is 279 g/mol. The number of aryl methyl sites for hydroxylation is 2. The van der Waals surface area contributed by atoms with Gasteiger partial charge in [0.2, 0.25) is 0 Å². The highest BCUT2D eigenvalue weighted by molar-refractivity contribution is 6.31. The number of rotatable bonds is 3. The van der Waals surface area contributed by atoms with E-state index in [0.29, 0.717) is 11.4 Å². The van der Waals surface area contributed by atoms with Gasteiger partial charge in [0.1, 0.15) is 5.82 Å². The van der Waals surface area contributed by atoms with Crippen LogP contribution < -0.4 is 0 Å². The van der Waals surface area contributed by atoms with Crippen LogP contribution >= 0.6 is 11.6 Å². The van der Waals surface area contributed by atoms with Gasteiger partial charge in [0.05, 0.1) is 6.10 Å². The molecule has 0 aliphatic carbocycles. The Hall–Kier alpha value is -1.38. The van der Waals surface area contributed by atoms with E-state index in [-0.39, 0.29) is 5.82 Å². The van der Waals surface area contributed by atoms with Crippen LogP contribution in [-0.4, -0.2) is 5.11 Å². The number of aliphatic hydroxyl groups is 1. The maximum absolute atomic E-state index is 13.0. The third-order valence-corrected chi connectivity index (χ3v) is 3.70. The van der Waals surface area contributed by atoms with Gasteiger partial charge in [-0.3, -0.25) is 0 Å². The summed E-state index contributed by atoms with van der Waals surface area (Å²) < 4.78 is 13.0. The van der Waals surface area contributed by atoms with Crippen molar-refractivity contribution in [1.82, 2.24) is 0 Å². The molecule has 1 unspecified atom stereocenters. The minimum Gasteiger partial charge on any atom is -0.388 e. The number of hydrogen-bond donors (Lipinski definition) is 1. The molecule has 1 atom stereocenters. The lowest BCUT2D eigenvalue weighted by molar-refractivity contribution is 0.178. The fourth-order valence-corrected chi connectivity index (χ4v) is 2.23. The first kappa shape index (κ1) is 14.0. The lowest BCUT2D eigenvalue weighted by Crippen LogP contribution is -2.03. The van der Waals surface area contributed by atoms with Crippen molar-refractivity contribution in [3.05, 3.63) is 69.5 Å². The third kappa shape index (κ3) is 3.34. The van der Waals surface area contributed by atoms with Crippen LogP contribution in [0.25, 0.3) is 0 Å². The summed E-state index contributed by atoms with van der Waals surface area (Å²) in [5, 5.41) is 10.6. The van der Waals surface area contributed by atoms with Crippen LogP contribution in [0.2, 0.25) is 5.02 Å². The molecule has 0 amide bonds. The van der Waals surface area contributed by atoms with E-state index in [1.54, 1.807) is 6.07 Å². The van der Waals surface area contributed by atoms with Gasteiger partial charge in [-0.2, -0.15) is 0 Å². The van der Waals surface area contributed by atoms with Gasteiger partial charge in [-0.1, -0.05) is 35.9 Å². The molecule has 100 valence electrons.